The fourth-order valence-electron chi connectivity index (χ4n) is 0. The van der Waals surface area contributed by atoms with Gasteiger partial charge in [0.1, 0.15) is 0 Å². The molecule has 0 saturated carbocycles. The minimum Gasteiger partial charge on any atom is -0.397 e. The van der Waals surface area contributed by atoms with E-state index in [1.54, 1.807) is 6.92 Å². The molecule has 1 radical (unpaired) electrons. The average molecular weight is 285 g/mol. The predicted octanol–water partition coefficient (Wildman–Crippen LogP) is 1.68. The van der Waals surface area contributed by atoms with Crippen molar-refractivity contribution >= 4 is 49.6 Å². The van der Waals surface area contributed by atoms with Gasteiger partial charge in [0.25, 0.3) is 0 Å². The van der Waals surface area contributed by atoms with E-state index >= 15 is 0 Å². The van der Waals surface area contributed by atoms with Gasteiger partial charge in [0.2, 0.25) is 0 Å². The molecule has 57 valence electrons. The van der Waals surface area contributed by atoms with Crippen LogP contribution < -0.4 is 0 Å². The number of aliphatic hydroxyl groups excluding tert-OH is 1. The number of aliphatic hydroxyl groups is 1. The summed E-state index contributed by atoms with van der Waals surface area (Å²) >= 11 is 0. The Morgan fingerprint density at radius 1 is 1.00 bits per heavy atom. The first kappa shape index (κ1) is 51.9. The van der Waals surface area contributed by atoms with Crippen LogP contribution in [-0.2, 0) is 22.4 Å². The zero-order chi connectivity index (χ0) is 2.71. The number of rotatable bonds is 0. The van der Waals surface area contributed by atoms with Crippen LogP contribution in [0.1, 0.15) is 6.92 Å². The van der Waals surface area contributed by atoms with Crippen molar-refractivity contribution < 1.29 is 27.5 Å². The first-order valence-corrected chi connectivity index (χ1v) is 1.02. The fourth-order valence-corrected chi connectivity index (χ4v) is 0. The normalized spacial score (nSPS) is 2.25. The van der Waals surface area contributed by atoms with Crippen molar-refractivity contribution in [2.75, 3.05) is 6.61 Å². The maximum atomic E-state index is 7.57. The Labute approximate surface area is 90.1 Å². The van der Waals surface area contributed by atoms with Gasteiger partial charge in [-0.2, -0.15) is 0 Å². The molecule has 0 rings (SSSR count). The Morgan fingerprint density at radius 2 is 1.00 bits per heavy atom. The molecule has 0 saturated heterocycles. The molecule has 0 aliphatic heterocycles. The molecule has 1 nitrogen and oxygen atoms in total. The summed E-state index contributed by atoms with van der Waals surface area (Å²) in [7, 11) is 0. The van der Waals surface area contributed by atoms with E-state index in [9.17, 15) is 0 Å². The molecule has 0 heterocycles. The van der Waals surface area contributed by atoms with Crippen LogP contribution in [-0.4, -0.2) is 11.7 Å². The van der Waals surface area contributed by atoms with E-state index in [0.29, 0.717) is 0 Å². The smallest absolute Gasteiger partial charge is 0.0402 e. The molecule has 0 amide bonds. The van der Waals surface area contributed by atoms with Crippen molar-refractivity contribution in [1.29, 1.82) is 0 Å². The first-order valence-electron chi connectivity index (χ1n) is 1.02. The van der Waals surface area contributed by atoms with Gasteiger partial charge in [-0.05, 0) is 6.92 Å². The summed E-state index contributed by atoms with van der Waals surface area (Å²) in [6, 6.07) is 0. The molecular formula is C2H10Cl4NbO. The van der Waals surface area contributed by atoms with Gasteiger partial charge < -0.3 is 5.11 Å². The topological polar surface area (TPSA) is 20.2 Å². The SMILES string of the molecule is CCO.Cl.Cl.Cl.Cl.[Nb]. The monoisotopic (exact) mass is 283 g/mol. The number of hydrogen-bond donors (Lipinski definition) is 1. The van der Waals surface area contributed by atoms with Crippen molar-refractivity contribution in [3.63, 3.8) is 0 Å². The van der Waals surface area contributed by atoms with E-state index in [1.165, 1.54) is 0 Å². The molecule has 0 fully saturated rings. The quantitative estimate of drug-likeness (QED) is 0.671. The fraction of sp³-hybridized carbons (Fsp3) is 1.00. The second-order valence-electron chi connectivity index (χ2n) is 0.316. The molecule has 0 atom stereocenters. The molecule has 6 heteroatoms. The second kappa shape index (κ2) is 66.9. The molecular weight excluding hydrogens is 275 g/mol. The number of halogens is 4. The average Bonchev–Trinajstić information content (AvgIpc) is 0.918. The molecule has 0 aromatic heterocycles. The van der Waals surface area contributed by atoms with Gasteiger partial charge in [-0.1, -0.05) is 0 Å². The minimum atomic E-state index is 0. The van der Waals surface area contributed by atoms with Gasteiger partial charge in [0.15, 0.2) is 0 Å². The largest absolute Gasteiger partial charge is 0.397 e. The van der Waals surface area contributed by atoms with Crippen LogP contribution in [0.3, 0.4) is 0 Å². The zero-order valence-corrected chi connectivity index (χ0v) is 9.70. The van der Waals surface area contributed by atoms with Crippen LogP contribution in [0.15, 0.2) is 0 Å². The molecule has 0 aliphatic rings. The molecule has 0 aromatic carbocycles. The third-order valence-corrected chi connectivity index (χ3v) is 0. The predicted molar refractivity (Wildman–Crippen MR) is 41.8 cm³/mol. The van der Waals surface area contributed by atoms with Crippen LogP contribution >= 0.6 is 49.6 Å². The van der Waals surface area contributed by atoms with E-state index in [0.717, 1.165) is 0 Å². The van der Waals surface area contributed by atoms with Crippen molar-refractivity contribution in [3.05, 3.63) is 0 Å². The van der Waals surface area contributed by atoms with Crippen LogP contribution in [0.5, 0.6) is 0 Å². The summed E-state index contributed by atoms with van der Waals surface area (Å²) in [5.74, 6) is 0. The van der Waals surface area contributed by atoms with Crippen molar-refractivity contribution in [2.24, 2.45) is 0 Å². The van der Waals surface area contributed by atoms with E-state index in [4.69, 9.17) is 5.11 Å². The molecule has 0 aliphatic carbocycles. The summed E-state index contributed by atoms with van der Waals surface area (Å²) in [6.45, 7) is 1.93. The van der Waals surface area contributed by atoms with Gasteiger partial charge in [0, 0.05) is 29.0 Å². The van der Waals surface area contributed by atoms with Gasteiger partial charge in [-0.25, -0.2) is 0 Å². The van der Waals surface area contributed by atoms with Gasteiger partial charge in [0.05, 0.1) is 0 Å². The van der Waals surface area contributed by atoms with Crippen LogP contribution in [0.4, 0.5) is 0 Å². The zero-order valence-electron chi connectivity index (χ0n) is 4.23. The van der Waals surface area contributed by atoms with Gasteiger partial charge in [-0.3, -0.25) is 0 Å². The Hall–Kier alpha value is 1.86. The summed E-state index contributed by atoms with van der Waals surface area (Å²) in [5.41, 5.74) is 0. The van der Waals surface area contributed by atoms with E-state index < -0.39 is 0 Å². The Balaban J connectivity index is -0.00000000200. The van der Waals surface area contributed by atoms with E-state index in [2.05, 4.69) is 0 Å². The van der Waals surface area contributed by atoms with Gasteiger partial charge >= 0.3 is 0 Å². The summed E-state index contributed by atoms with van der Waals surface area (Å²) in [5, 5.41) is 7.57. The van der Waals surface area contributed by atoms with E-state index in [1.807, 2.05) is 0 Å². The third-order valence-electron chi connectivity index (χ3n) is 0. The van der Waals surface area contributed by atoms with Gasteiger partial charge in [-0.15, -0.1) is 49.6 Å². The van der Waals surface area contributed by atoms with Crippen molar-refractivity contribution in [2.45, 2.75) is 6.92 Å². The Morgan fingerprint density at radius 3 is 1.00 bits per heavy atom. The van der Waals surface area contributed by atoms with Crippen LogP contribution in [0.2, 0.25) is 0 Å². The van der Waals surface area contributed by atoms with Crippen LogP contribution in [0.25, 0.3) is 0 Å². The second-order valence-corrected chi connectivity index (χ2v) is 0.316. The Kier molecular flexibility index (Phi) is 434. The minimum absolute atomic E-state index is 0. The van der Waals surface area contributed by atoms with Crippen molar-refractivity contribution in [3.8, 4) is 0 Å². The third kappa shape index (κ3) is 107. The number of hydrogen-bond acceptors (Lipinski definition) is 1. The first-order chi connectivity index (χ1) is 1.41. The maximum Gasteiger partial charge on any atom is 0.0402 e. The van der Waals surface area contributed by atoms with Crippen molar-refractivity contribution in [1.82, 2.24) is 0 Å². The molecule has 0 bridgehead atoms. The van der Waals surface area contributed by atoms with Crippen LogP contribution in [0, 0.1) is 0 Å². The maximum absolute atomic E-state index is 7.57. The van der Waals surface area contributed by atoms with E-state index in [-0.39, 0.29) is 78.6 Å². The summed E-state index contributed by atoms with van der Waals surface area (Å²) in [6.07, 6.45) is 0. The summed E-state index contributed by atoms with van der Waals surface area (Å²) in [4.78, 5) is 0. The summed E-state index contributed by atoms with van der Waals surface area (Å²) < 4.78 is 0. The molecule has 1 N–H and O–H groups in total. The molecule has 8 heavy (non-hydrogen) atoms. The standard InChI is InChI=1S/C2H6O.4ClH.Nb/c1-2-3;;;;;/h3H,2H2,1H3;4*1H;. The molecule has 0 spiro atoms. The Bertz CT molecular complexity index is 14.0. The molecule has 0 aromatic rings. The molecule has 0 unspecified atom stereocenters.